The lowest BCUT2D eigenvalue weighted by atomic mass is 10.0. The number of imide groups is 2. The van der Waals surface area contributed by atoms with Crippen molar-refractivity contribution in [2.45, 2.75) is 20.3 Å². The number of nitrogens with one attached hydrogen (secondary N) is 1. The topological polar surface area (TPSA) is 102 Å². The van der Waals surface area contributed by atoms with Crippen molar-refractivity contribution in [1.82, 2.24) is 5.32 Å². The van der Waals surface area contributed by atoms with Crippen molar-refractivity contribution in [2.24, 2.45) is 0 Å². The molecule has 2 aromatic rings. The molecular weight excluding hydrogens is 540 g/mol. The zero-order chi connectivity index (χ0) is 25.7. The fourth-order valence-corrected chi connectivity index (χ4v) is 4.15. The number of carbonyl (C=O) groups excluding carboxylic acids is 4. The van der Waals surface area contributed by atoms with Crippen molar-refractivity contribution in [2.75, 3.05) is 18.1 Å². The SMILES string of the molecule is C=CCc1cc(/C=C2/C(=O)NC(=O)N(c3ccc(C)c(Cl)c3)C2=O)cc(Br)c1OCC(=O)OCC. The first-order valence-electron chi connectivity index (χ1n) is 10.6. The van der Waals surface area contributed by atoms with Crippen molar-refractivity contribution in [1.29, 1.82) is 0 Å². The monoisotopic (exact) mass is 560 g/mol. The van der Waals surface area contributed by atoms with Gasteiger partial charge in [-0.15, -0.1) is 6.58 Å². The summed E-state index contributed by atoms with van der Waals surface area (Å²) in [7, 11) is 0. The molecule has 35 heavy (non-hydrogen) atoms. The number of esters is 1. The number of amides is 4. The molecule has 0 aromatic heterocycles. The van der Waals surface area contributed by atoms with Crippen molar-refractivity contribution < 1.29 is 28.7 Å². The van der Waals surface area contributed by atoms with Crippen molar-refractivity contribution in [3.8, 4) is 5.75 Å². The first-order chi connectivity index (χ1) is 16.7. The minimum atomic E-state index is -0.867. The summed E-state index contributed by atoms with van der Waals surface area (Å²) in [6.07, 6.45) is 3.41. The minimum Gasteiger partial charge on any atom is -0.480 e. The minimum absolute atomic E-state index is 0.234. The van der Waals surface area contributed by atoms with E-state index < -0.39 is 23.8 Å². The Bertz CT molecular complexity index is 1260. The molecule has 0 spiro atoms. The van der Waals surface area contributed by atoms with Crippen LogP contribution in [0.4, 0.5) is 10.5 Å². The fraction of sp³-hybridized carbons (Fsp3) is 0.200. The van der Waals surface area contributed by atoms with Crippen LogP contribution in [-0.4, -0.2) is 37.0 Å². The largest absolute Gasteiger partial charge is 0.480 e. The van der Waals surface area contributed by atoms with Crippen molar-refractivity contribution in [3.05, 3.63) is 74.7 Å². The molecule has 1 aliphatic rings. The highest BCUT2D eigenvalue weighted by Crippen LogP contribution is 2.33. The van der Waals surface area contributed by atoms with Crippen LogP contribution >= 0.6 is 27.5 Å². The van der Waals surface area contributed by atoms with Gasteiger partial charge in [0.2, 0.25) is 0 Å². The van der Waals surface area contributed by atoms with Gasteiger partial charge < -0.3 is 9.47 Å². The van der Waals surface area contributed by atoms with Gasteiger partial charge in [-0.05, 0) is 83.2 Å². The van der Waals surface area contributed by atoms with E-state index >= 15 is 0 Å². The molecule has 2 aromatic carbocycles. The standard InChI is InChI=1S/C25H22BrClN2O6/c1-4-6-16-9-15(11-19(26)22(16)35-13-21(30)34-5-2)10-18-23(31)28-25(33)29(24(18)32)17-8-7-14(3)20(27)12-17/h4,7-12H,1,5-6,13H2,2-3H3,(H,28,31,33)/b18-10-. The molecule has 0 radical (unpaired) electrons. The Labute approximate surface area is 215 Å². The van der Waals surface area contributed by atoms with Gasteiger partial charge in [-0.1, -0.05) is 23.7 Å². The molecule has 0 bridgehead atoms. The molecule has 0 atom stereocenters. The van der Waals surface area contributed by atoms with E-state index in [0.29, 0.717) is 32.8 Å². The Morgan fingerprint density at radius 1 is 1.23 bits per heavy atom. The first kappa shape index (κ1) is 26.2. The van der Waals surface area contributed by atoms with E-state index in [1.54, 1.807) is 44.2 Å². The number of ether oxygens (including phenoxy) is 2. The predicted octanol–water partition coefficient (Wildman–Crippen LogP) is 4.75. The molecule has 8 nitrogen and oxygen atoms in total. The van der Waals surface area contributed by atoms with Crippen LogP contribution in [0.3, 0.4) is 0 Å². The number of rotatable bonds is 8. The lowest BCUT2D eigenvalue weighted by Crippen LogP contribution is -2.54. The summed E-state index contributed by atoms with van der Waals surface area (Å²) in [5.74, 6) is -1.72. The van der Waals surface area contributed by atoms with Crippen LogP contribution < -0.4 is 15.0 Å². The third kappa shape index (κ3) is 5.98. The molecule has 1 fully saturated rings. The molecule has 1 N–H and O–H groups in total. The number of urea groups is 1. The number of benzene rings is 2. The molecule has 1 heterocycles. The third-order valence-electron chi connectivity index (χ3n) is 4.97. The number of allylic oxidation sites excluding steroid dienone is 1. The van der Waals surface area contributed by atoms with E-state index in [2.05, 4.69) is 27.8 Å². The maximum atomic E-state index is 13.2. The number of anilines is 1. The van der Waals surface area contributed by atoms with E-state index in [-0.39, 0.29) is 24.5 Å². The average Bonchev–Trinajstić information content (AvgIpc) is 2.78. The summed E-state index contributed by atoms with van der Waals surface area (Å²) in [6, 6.07) is 7.18. The third-order valence-corrected chi connectivity index (χ3v) is 5.97. The number of hydrogen-bond donors (Lipinski definition) is 1. The zero-order valence-electron chi connectivity index (χ0n) is 19.0. The summed E-state index contributed by atoms with van der Waals surface area (Å²) in [6.45, 7) is 7.18. The maximum absolute atomic E-state index is 13.2. The van der Waals surface area contributed by atoms with Gasteiger partial charge in [0.1, 0.15) is 11.3 Å². The molecule has 0 saturated carbocycles. The van der Waals surface area contributed by atoms with E-state index in [9.17, 15) is 19.2 Å². The Balaban J connectivity index is 1.98. The maximum Gasteiger partial charge on any atom is 0.344 e. The summed E-state index contributed by atoms with van der Waals surface area (Å²) in [5, 5.41) is 2.56. The van der Waals surface area contributed by atoms with Gasteiger partial charge in [0, 0.05) is 5.02 Å². The molecule has 3 rings (SSSR count). The number of halogens is 2. The quantitative estimate of drug-likeness (QED) is 0.216. The van der Waals surface area contributed by atoms with Crippen LogP contribution in [0, 0.1) is 6.92 Å². The molecule has 182 valence electrons. The molecule has 0 aliphatic carbocycles. The fourth-order valence-electron chi connectivity index (χ4n) is 3.34. The summed E-state index contributed by atoms with van der Waals surface area (Å²) >= 11 is 9.58. The molecule has 1 saturated heterocycles. The number of carbonyl (C=O) groups is 4. The molecule has 1 aliphatic heterocycles. The zero-order valence-corrected chi connectivity index (χ0v) is 21.4. The number of hydrogen-bond acceptors (Lipinski definition) is 6. The second kappa shape index (κ2) is 11.3. The van der Waals surface area contributed by atoms with Gasteiger partial charge in [-0.2, -0.15) is 0 Å². The second-order valence-electron chi connectivity index (χ2n) is 7.47. The van der Waals surface area contributed by atoms with E-state index in [1.807, 2.05) is 0 Å². The van der Waals surface area contributed by atoms with Crippen LogP contribution in [0.1, 0.15) is 23.6 Å². The Hall–Kier alpha value is -3.43. The second-order valence-corrected chi connectivity index (χ2v) is 8.73. The molecule has 4 amide bonds. The number of aryl methyl sites for hydroxylation is 1. The molecule has 0 unspecified atom stereocenters. The summed E-state index contributed by atoms with van der Waals surface area (Å²) < 4.78 is 11.0. The van der Waals surface area contributed by atoms with Gasteiger partial charge >= 0.3 is 12.0 Å². The van der Waals surface area contributed by atoms with Crippen LogP contribution in [0.25, 0.3) is 6.08 Å². The van der Waals surface area contributed by atoms with Crippen LogP contribution in [0.2, 0.25) is 5.02 Å². The first-order valence-corrected chi connectivity index (χ1v) is 11.7. The van der Waals surface area contributed by atoms with Crippen molar-refractivity contribution in [3.63, 3.8) is 0 Å². The highest BCUT2D eigenvalue weighted by atomic mass is 79.9. The van der Waals surface area contributed by atoms with Crippen LogP contribution in [0.5, 0.6) is 5.75 Å². The lowest BCUT2D eigenvalue weighted by molar-refractivity contribution is -0.145. The Morgan fingerprint density at radius 3 is 2.63 bits per heavy atom. The van der Waals surface area contributed by atoms with Gasteiger partial charge in [0.25, 0.3) is 11.8 Å². The average molecular weight is 562 g/mol. The van der Waals surface area contributed by atoms with E-state index in [1.165, 1.54) is 12.1 Å². The highest BCUT2D eigenvalue weighted by molar-refractivity contribution is 9.10. The Kier molecular flexibility index (Phi) is 8.48. The van der Waals surface area contributed by atoms with Crippen LogP contribution in [-0.2, 0) is 25.5 Å². The van der Waals surface area contributed by atoms with Crippen LogP contribution in [0.15, 0.2) is 53.0 Å². The van der Waals surface area contributed by atoms with Gasteiger partial charge in [0.05, 0.1) is 16.8 Å². The molecular formula is C25H22BrClN2O6. The van der Waals surface area contributed by atoms with E-state index in [4.69, 9.17) is 21.1 Å². The lowest BCUT2D eigenvalue weighted by Gasteiger charge is -2.26. The van der Waals surface area contributed by atoms with Crippen molar-refractivity contribution >= 4 is 63.1 Å². The molecule has 10 heteroatoms. The summed E-state index contributed by atoms with van der Waals surface area (Å²) in [5.41, 5.74) is 1.92. The van der Waals surface area contributed by atoms with Gasteiger partial charge in [0.15, 0.2) is 6.61 Å². The van der Waals surface area contributed by atoms with Gasteiger partial charge in [-0.25, -0.2) is 14.5 Å². The van der Waals surface area contributed by atoms with Gasteiger partial charge in [-0.3, -0.25) is 14.9 Å². The summed E-state index contributed by atoms with van der Waals surface area (Å²) in [4.78, 5) is 50.7. The van der Waals surface area contributed by atoms with E-state index in [0.717, 1.165) is 10.5 Å². The normalized spacial score (nSPS) is 14.7. The predicted molar refractivity (Wildman–Crippen MR) is 135 cm³/mol. The smallest absolute Gasteiger partial charge is 0.344 e. The number of nitrogens with zero attached hydrogens (tertiary/aromatic N) is 1. The number of barbiturate groups is 1. The highest BCUT2D eigenvalue weighted by Gasteiger charge is 2.37. The Morgan fingerprint density at radius 2 is 1.97 bits per heavy atom.